The molecule has 0 aliphatic heterocycles. The second-order valence-corrected chi connectivity index (χ2v) is 28.9. The van der Waals surface area contributed by atoms with E-state index in [4.69, 9.17) is 0 Å². The Kier molecular flexibility index (Phi) is 7.73. The first-order chi connectivity index (χ1) is 12.7. The van der Waals surface area contributed by atoms with Gasteiger partial charge < -0.3 is 3.21 Å². The van der Waals surface area contributed by atoms with Crippen LogP contribution in [-0.2, 0) is 0 Å². The van der Waals surface area contributed by atoms with Gasteiger partial charge >= 0.3 is 14.4 Å². The third kappa shape index (κ3) is 4.40. The van der Waals surface area contributed by atoms with Crippen LogP contribution >= 0.6 is 0 Å². The van der Waals surface area contributed by atoms with Crippen molar-refractivity contribution in [3.8, 4) is 0 Å². The van der Waals surface area contributed by atoms with Gasteiger partial charge in [-0.15, -0.1) is 0 Å². The summed E-state index contributed by atoms with van der Waals surface area (Å²) in [6.07, 6.45) is 0. The van der Waals surface area contributed by atoms with Crippen LogP contribution in [-0.4, -0.2) is 34.1 Å². The Morgan fingerprint density at radius 2 is 0.966 bits per heavy atom. The maximum Gasteiger partial charge on any atom is 0.352 e. The molecule has 1 aromatic carbocycles. The van der Waals surface area contributed by atoms with Gasteiger partial charge in [-0.05, 0) is 25.3 Å². The molecule has 0 saturated heterocycles. The predicted octanol–water partition coefficient (Wildman–Crippen LogP) is 8.17. The topological polar surface area (TPSA) is 3.24 Å². The summed E-state index contributed by atoms with van der Waals surface area (Å²) in [4.78, 5) is 0. The number of nitrogens with zero attached hydrogens (tertiary/aromatic N) is 1. The molecule has 0 saturated carbocycles. The summed E-state index contributed by atoms with van der Waals surface area (Å²) in [5, 5.41) is 2.69. The summed E-state index contributed by atoms with van der Waals surface area (Å²) in [6.45, 7) is 33.2. The smallest absolute Gasteiger partial charge is 0.352 e. The Morgan fingerprint density at radius 3 is 1.21 bits per heavy atom. The zero-order chi connectivity index (χ0) is 23.3. The van der Waals surface area contributed by atoms with Gasteiger partial charge in [0.25, 0.3) is 0 Å². The molecule has 1 rings (SSSR count). The molecule has 0 spiro atoms. The van der Waals surface area contributed by atoms with E-state index in [9.17, 15) is 0 Å². The van der Waals surface area contributed by atoms with E-state index in [1.165, 1.54) is 0 Å². The Bertz CT molecular complexity index is 642. The fourth-order valence-corrected chi connectivity index (χ4v) is 36.1. The molecule has 0 aromatic heterocycles. The maximum absolute atomic E-state index is 3.33. The predicted molar refractivity (Wildman–Crippen MR) is 142 cm³/mol. The molecule has 1 nitrogen and oxygen atoms in total. The van der Waals surface area contributed by atoms with Crippen molar-refractivity contribution in [2.75, 3.05) is 0 Å². The van der Waals surface area contributed by atoms with Crippen LogP contribution in [0.3, 0.4) is 0 Å². The molecular weight excluding hydrogens is 397 g/mol. The molecule has 0 fully saturated rings. The van der Waals surface area contributed by atoms with Gasteiger partial charge in [-0.3, -0.25) is 0 Å². The lowest BCUT2D eigenvalue weighted by atomic mass is 10.2. The van der Waals surface area contributed by atoms with Crippen molar-refractivity contribution in [1.29, 1.82) is 0 Å². The second kappa shape index (κ2) is 8.25. The summed E-state index contributed by atoms with van der Waals surface area (Å²) >= 11 is -1.15. The van der Waals surface area contributed by atoms with Crippen LogP contribution in [0, 0.1) is 0 Å². The molecule has 0 radical (unpaired) electrons. The lowest BCUT2D eigenvalue weighted by Crippen LogP contribution is -2.83. The molecular formula is C25H50AlNSi2. The highest BCUT2D eigenvalue weighted by molar-refractivity contribution is 7.10. The van der Waals surface area contributed by atoms with Crippen molar-refractivity contribution in [3.05, 3.63) is 30.3 Å². The standard InChI is InChI=1S/C23H44NSi2.2CH3.Al/c1-20(2,3)25(13,21(4,5)6)24-26(22(7,8)9,23(10,11)12)19-17-15-14-16-18-19;;;/h14-18H,1-13H3;2*1H3;/q-1;;;+1. The fourth-order valence-electron chi connectivity index (χ4n) is 6.62. The highest BCUT2D eigenvalue weighted by Gasteiger charge is 2.66. The van der Waals surface area contributed by atoms with Crippen LogP contribution in [0.25, 0.3) is 0 Å². The first kappa shape index (κ1) is 27.2. The van der Waals surface area contributed by atoms with E-state index in [0.29, 0.717) is 10.1 Å². The Morgan fingerprint density at radius 1 is 0.621 bits per heavy atom. The second-order valence-electron chi connectivity index (χ2n) is 13.6. The third-order valence-electron chi connectivity index (χ3n) is 7.64. The average molecular weight is 448 g/mol. The van der Waals surface area contributed by atoms with Gasteiger partial charge in [-0.25, -0.2) is 0 Å². The molecule has 4 heteroatoms. The Balaban J connectivity index is 4.28. The third-order valence-corrected chi connectivity index (χ3v) is 29.9. The minimum atomic E-state index is -2.17. The van der Waals surface area contributed by atoms with Crippen molar-refractivity contribution < 1.29 is 0 Å². The van der Waals surface area contributed by atoms with E-state index in [2.05, 4.69) is 135 Å². The van der Waals surface area contributed by atoms with E-state index in [0.717, 1.165) is 0 Å². The zero-order valence-electron chi connectivity index (χ0n) is 22.4. The van der Waals surface area contributed by atoms with Crippen molar-refractivity contribution in [2.45, 2.75) is 121 Å². The number of benzene rings is 1. The van der Waals surface area contributed by atoms with Crippen molar-refractivity contribution in [2.24, 2.45) is 0 Å². The van der Waals surface area contributed by atoms with Crippen molar-refractivity contribution >= 4 is 36.0 Å². The maximum atomic E-state index is 3.33. The first-order valence-electron chi connectivity index (χ1n) is 11.5. The fraction of sp³-hybridized carbons (Fsp3) is 0.760. The number of rotatable bonds is 4. The molecule has 1 aromatic rings. The highest BCUT2D eigenvalue weighted by Crippen LogP contribution is 2.61. The normalized spacial score (nSPS) is 15.0. The monoisotopic (exact) mass is 447 g/mol. The van der Waals surface area contributed by atoms with Crippen LogP contribution in [0.15, 0.2) is 30.3 Å². The minimum absolute atomic E-state index is 0.231. The van der Waals surface area contributed by atoms with Crippen LogP contribution < -0.4 is 5.19 Å². The highest BCUT2D eigenvalue weighted by atomic mass is 28.4. The largest absolute Gasteiger partial charge is 0.426 e. The molecule has 0 bridgehead atoms. The van der Waals surface area contributed by atoms with Gasteiger partial charge in [0.05, 0.1) is 0 Å². The zero-order valence-corrected chi connectivity index (χ0v) is 25.6. The Labute approximate surface area is 190 Å². The number of hydrogen-bond acceptors (Lipinski definition) is 1. The summed E-state index contributed by atoms with van der Waals surface area (Å²) in [5.74, 6) is 5.20. The van der Waals surface area contributed by atoms with Gasteiger partial charge in [0, 0.05) is 0 Å². The number of hydrogen-bond donors (Lipinski definition) is 0. The van der Waals surface area contributed by atoms with E-state index < -0.39 is 30.8 Å². The van der Waals surface area contributed by atoms with E-state index >= 15 is 0 Å². The van der Waals surface area contributed by atoms with Crippen LogP contribution in [0.1, 0.15) is 83.1 Å². The van der Waals surface area contributed by atoms with Crippen LogP contribution in [0.5, 0.6) is 0 Å². The molecule has 0 N–H and O–H groups in total. The van der Waals surface area contributed by atoms with Gasteiger partial charge in [-0.1, -0.05) is 132 Å². The molecule has 0 amide bonds. The first-order valence-corrected chi connectivity index (χ1v) is 18.7. The lowest BCUT2D eigenvalue weighted by molar-refractivity contribution is 0.518. The summed E-state index contributed by atoms with van der Waals surface area (Å²) < 4.78 is 3.33. The van der Waals surface area contributed by atoms with Crippen molar-refractivity contribution in [1.82, 2.24) is 3.21 Å². The summed E-state index contributed by atoms with van der Waals surface area (Å²) in [6, 6.07) is 11.7. The van der Waals surface area contributed by atoms with E-state index in [1.807, 2.05) is 0 Å². The van der Waals surface area contributed by atoms with Gasteiger partial charge in [0.2, 0.25) is 0 Å². The van der Waals surface area contributed by atoms with Gasteiger partial charge in [0.1, 0.15) is 16.5 Å². The average Bonchev–Trinajstić information content (AvgIpc) is 2.47. The van der Waals surface area contributed by atoms with E-state index in [1.54, 1.807) is 5.19 Å². The molecule has 29 heavy (non-hydrogen) atoms. The Hall–Kier alpha value is 0.146. The van der Waals surface area contributed by atoms with Gasteiger partial charge in [-0.2, -0.15) is 0 Å². The van der Waals surface area contributed by atoms with Gasteiger partial charge in [0.15, 0.2) is 0 Å². The molecule has 0 aliphatic carbocycles. The lowest BCUT2D eigenvalue weighted by Gasteiger charge is -2.70. The SMILES string of the molecule is [CH3][Al]([CH3])[N]([Si](C)(C(C)(C)C)C(C)(C)C)[Si](c1ccccc1)(C(C)(C)C)C(C)(C)C. The molecule has 166 valence electrons. The van der Waals surface area contributed by atoms with Crippen molar-refractivity contribution in [3.63, 3.8) is 0 Å². The molecule has 0 unspecified atom stereocenters. The van der Waals surface area contributed by atoms with Crippen LogP contribution in [0.4, 0.5) is 0 Å². The summed E-state index contributed by atoms with van der Waals surface area (Å²) in [5.41, 5.74) is 0. The molecule has 0 aliphatic rings. The molecule has 0 atom stereocenters. The summed E-state index contributed by atoms with van der Waals surface area (Å²) in [7, 11) is -4.09. The molecule has 0 heterocycles. The minimum Gasteiger partial charge on any atom is -0.426 e. The van der Waals surface area contributed by atoms with E-state index in [-0.39, 0.29) is 10.1 Å². The van der Waals surface area contributed by atoms with Crippen LogP contribution in [0.2, 0.25) is 38.3 Å². The quantitative estimate of drug-likeness (QED) is 0.421.